The zero-order valence-electron chi connectivity index (χ0n) is 10.9. The fourth-order valence-corrected chi connectivity index (χ4v) is 3.46. The molecular weight excluding hydrogens is 282 g/mol. The minimum Gasteiger partial charge on any atom is -0.486 e. The lowest BCUT2D eigenvalue weighted by Gasteiger charge is -2.20. The molecule has 1 aromatic carbocycles. The maximum Gasteiger partial charge on any atom is 0.214 e. The van der Waals surface area contributed by atoms with Crippen LogP contribution in [0.5, 0.6) is 11.5 Å². The van der Waals surface area contributed by atoms with Crippen molar-refractivity contribution in [1.82, 2.24) is 4.72 Å². The smallest absolute Gasteiger partial charge is 0.214 e. The molecule has 1 fully saturated rings. The van der Waals surface area contributed by atoms with E-state index in [0.29, 0.717) is 43.1 Å². The van der Waals surface area contributed by atoms with E-state index in [1.807, 2.05) is 0 Å². The molecule has 0 spiro atoms. The van der Waals surface area contributed by atoms with E-state index >= 15 is 0 Å². The molecule has 20 heavy (non-hydrogen) atoms. The van der Waals surface area contributed by atoms with Crippen LogP contribution in [0.1, 0.15) is 24.5 Å². The van der Waals surface area contributed by atoms with Crippen molar-refractivity contribution in [3.8, 4) is 11.5 Å². The second-order valence-electron chi connectivity index (χ2n) is 5.01. The summed E-state index contributed by atoms with van der Waals surface area (Å²) in [6.07, 6.45) is 0.504. The highest BCUT2D eigenvalue weighted by atomic mass is 32.2. The molecule has 6 nitrogen and oxygen atoms in total. The van der Waals surface area contributed by atoms with Gasteiger partial charge < -0.3 is 14.6 Å². The van der Waals surface area contributed by atoms with E-state index in [0.717, 1.165) is 0 Å². The van der Waals surface area contributed by atoms with Gasteiger partial charge in [0.25, 0.3) is 0 Å². The minimum atomic E-state index is -3.27. The van der Waals surface area contributed by atoms with Gasteiger partial charge in [-0.05, 0) is 30.5 Å². The highest BCUT2D eigenvalue weighted by molar-refractivity contribution is 7.90. The van der Waals surface area contributed by atoms with Gasteiger partial charge in [-0.3, -0.25) is 0 Å². The molecule has 3 rings (SSSR count). The van der Waals surface area contributed by atoms with Gasteiger partial charge >= 0.3 is 0 Å². The normalized spacial score (nSPS) is 19.6. The third-order valence-electron chi connectivity index (χ3n) is 3.39. The van der Waals surface area contributed by atoms with Crippen molar-refractivity contribution in [2.24, 2.45) is 0 Å². The molecule has 1 aliphatic heterocycles. The molecule has 0 bridgehead atoms. The fourth-order valence-electron chi connectivity index (χ4n) is 2.08. The summed E-state index contributed by atoms with van der Waals surface area (Å²) in [5.74, 6) is 1.23. The van der Waals surface area contributed by atoms with Crippen molar-refractivity contribution in [2.45, 2.75) is 24.2 Å². The Balaban J connectivity index is 1.66. The Bertz CT molecular complexity index is 597. The lowest BCUT2D eigenvalue weighted by atomic mass is 10.1. The molecule has 1 saturated carbocycles. The molecule has 1 aromatic rings. The largest absolute Gasteiger partial charge is 0.486 e. The third kappa shape index (κ3) is 2.89. The zero-order valence-corrected chi connectivity index (χ0v) is 11.7. The van der Waals surface area contributed by atoms with Crippen molar-refractivity contribution < 1.29 is 23.0 Å². The summed E-state index contributed by atoms with van der Waals surface area (Å²) in [4.78, 5) is 0. The molecule has 0 amide bonds. The maximum absolute atomic E-state index is 11.7. The van der Waals surface area contributed by atoms with Gasteiger partial charge in [0.1, 0.15) is 13.2 Å². The summed E-state index contributed by atoms with van der Waals surface area (Å²) in [7, 11) is -3.27. The molecule has 7 heteroatoms. The number of ether oxygens (including phenoxy) is 2. The van der Waals surface area contributed by atoms with Crippen molar-refractivity contribution in [3.05, 3.63) is 23.8 Å². The van der Waals surface area contributed by atoms with Crippen LogP contribution in [0.3, 0.4) is 0 Å². The number of nitrogens with one attached hydrogen (secondary N) is 1. The van der Waals surface area contributed by atoms with Gasteiger partial charge in [0.2, 0.25) is 10.0 Å². The number of aliphatic hydroxyl groups excluding tert-OH is 1. The number of fused-ring (bicyclic) bond motifs is 1. The first-order valence-electron chi connectivity index (χ1n) is 6.62. The van der Waals surface area contributed by atoms with Crippen LogP contribution in [-0.2, 0) is 10.0 Å². The minimum absolute atomic E-state index is 0.0293. The molecule has 110 valence electrons. The average Bonchev–Trinajstić information content (AvgIpc) is 3.29. The predicted molar refractivity (Wildman–Crippen MR) is 72.3 cm³/mol. The van der Waals surface area contributed by atoms with Gasteiger partial charge in [0, 0.05) is 6.54 Å². The summed E-state index contributed by atoms with van der Waals surface area (Å²) >= 11 is 0. The third-order valence-corrected chi connectivity index (χ3v) is 5.31. The summed E-state index contributed by atoms with van der Waals surface area (Å²) in [5.41, 5.74) is 0.604. The molecule has 1 atom stereocenters. The summed E-state index contributed by atoms with van der Waals surface area (Å²) in [5, 5.41) is 9.78. The Morgan fingerprint density at radius 3 is 2.65 bits per heavy atom. The number of hydrogen-bond acceptors (Lipinski definition) is 5. The number of aliphatic hydroxyl groups is 1. The monoisotopic (exact) mass is 299 g/mol. The van der Waals surface area contributed by atoms with E-state index in [9.17, 15) is 13.5 Å². The Labute approximate surface area is 117 Å². The van der Waals surface area contributed by atoms with Gasteiger partial charge in [-0.25, -0.2) is 13.1 Å². The average molecular weight is 299 g/mol. The first-order valence-corrected chi connectivity index (χ1v) is 8.17. The molecule has 0 unspecified atom stereocenters. The Morgan fingerprint density at radius 1 is 1.25 bits per heavy atom. The van der Waals surface area contributed by atoms with Crippen molar-refractivity contribution >= 4 is 10.0 Å². The second kappa shape index (κ2) is 5.23. The molecule has 0 saturated heterocycles. The van der Waals surface area contributed by atoms with Crippen LogP contribution < -0.4 is 14.2 Å². The van der Waals surface area contributed by atoms with Gasteiger partial charge in [0.15, 0.2) is 11.5 Å². The lowest BCUT2D eigenvalue weighted by Crippen LogP contribution is -2.31. The van der Waals surface area contributed by atoms with E-state index < -0.39 is 16.1 Å². The lowest BCUT2D eigenvalue weighted by molar-refractivity contribution is 0.165. The van der Waals surface area contributed by atoms with Crippen molar-refractivity contribution in [1.29, 1.82) is 0 Å². The molecular formula is C13H17NO5S. The zero-order chi connectivity index (χ0) is 14.2. The standard InChI is InChI=1S/C13H17NO5S/c15-11(8-14-20(16,17)10-2-3-10)9-1-4-12-13(7-9)19-6-5-18-12/h1,4,7,10-11,14-15H,2-3,5-6,8H2/t11-/m0/s1. The Kier molecular flexibility index (Phi) is 3.57. The van der Waals surface area contributed by atoms with Crippen LogP contribution in [0.25, 0.3) is 0 Å². The van der Waals surface area contributed by atoms with Crippen LogP contribution in [0.2, 0.25) is 0 Å². The van der Waals surface area contributed by atoms with Crippen LogP contribution >= 0.6 is 0 Å². The summed E-state index contributed by atoms with van der Waals surface area (Å²) in [6.45, 7) is 0.954. The van der Waals surface area contributed by atoms with Gasteiger partial charge in [-0.2, -0.15) is 0 Å². The SMILES string of the molecule is O=S(=O)(NC[C@H](O)c1ccc2c(c1)OCCO2)C1CC1. The van der Waals surface area contributed by atoms with E-state index in [1.54, 1.807) is 18.2 Å². The Morgan fingerprint density at radius 2 is 1.95 bits per heavy atom. The summed E-state index contributed by atoms with van der Waals surface area (Å²) in [6, 6.07) is 5.12. The first kappa shape index (κ1) is 13.7. The quantitative estimate of drug-likeness (QED) is 0.830. The van der Waals surface area contributed by atoms with Crippen LogP contribution in [0, 0.1) is 0 Å². The van der Waals surface area contributed by atoms with Gasteiger partial charge in [-0.15, -0.1) is 0 Å². The number of rotatable bonds is 5. The fraction of sp³-hybridized carbons (Fsp3) is 0.538. The molecule has 1 aliphatic carbocycles. The number of sulfonamides is 1. The summed E-state index contributed by atoms with van der Waals surface area (Å²) < 4.78 is 36.7. The maximum atomic E-state index is 11.7. The number of hydrogen-bond donors (Lipinski definition) is 2. The van der Waals surface area contributed by atoms with Crippen LogP contribution in [0.15, 0.2) is 18.2 Å². The molecule has 0 radical (unpaired) electrons. The van der Waals surface area contributed by atoms with E-state index in [2.05, 4.69) is 4.72 Å². The highest BCUT2D eigenvalue weighted by Crippen LogP contribution is 2.33. The van der Waals surface area contributed by atoms with E-state index in [4.69, 9.17) is 9.47 Å². The van der Waals surface area contributed by atoms with Crippen molar-refractivity contribution in [2.75, 3.05) is 19.8 Å². The van der Waals surface area contributed by atoms with Gasteiger partial charge in [-0.1, -0.05) is 6.07 Å². The molecule has 2 N–H and O–H groups in total. The van der Waals surface area contributed by atoms with Gasteiger partial charge in [0.05, 0.1) is 11.4 Å². The van der Waals surface area contributed by atoms with Crippen LogP contribution in [0.4, 0.5) is 0 Å². The predicted octanol–water partition coefficient (Wildman–Crippen LogP) is 0.573. The second-order valence-corrected chi connectivity index (χ2v) is 7.06. The first-order chi connectivity index (χ1) is 9.56. The topological polar surface area (TPSA) is 84.9 Å². The van der Waals surface area contributed by atoms with Crippen LogP contribution in [-0.4, -0.2) is 38.5 Å². The number of benzene rings is 1. The van der Waals surface area contributed by atoms with Crippen molar-refractivity contribution in [3.63, 3.8) is 0 Å². The molecule has 2 aliphatic rings. The van der Waals surface area contributed by atoms with E-state index in [-0.39, 0.29) is 11.8 Å². The Hall–Kier alpha value is -1.31. The molecule has 1 heterocycles. The highest BCUT2D eigenvalue weighted by Gasteiger charge is 2.35. The molecule has 0 aromatic heterocycles. The van der Waals surface area contributed by atoms with E-state index in [1.165, 1.54) is 0 Å².